The predicted molar refractivity (Wildman–Crippen MR) is 107 cm³/mol. The Kier molecular flexibility index (Phi) is 7.29. The summed E-state index contributed by atoms with van der Waals surface area (Å²) in [4.78, 5) is 27.4. The topological polar surface area (TPSA) is 117 Å². The smallest absolute Gasteiger partial charge is 0.411 e. The van der Waals surface area contributed by atoms with Crippen LogP contribution in [0.5, 0.6) is 5.75 Å². The molecule has 29 heavy (non-hydrogen) atoms. The maximum Gasteiger partial charge on any atom is 0.411 e. The number of ether oxygens (including phenoxy) is 2. The molecular weight excluding hydrogens is 376 g/mol. The van der Waals surface area contributed by atoms with Gasteiger partial charge in [-0.3, -0.25) is 14.6 Å². The summed E-state index contributed by atoms with van der Waals surface area (Å²) in [6.45, 7) is 6.56. The zero-order valence-corrected chi connectivity index (χ0v) is 16.8. The fraction of sp³-hybridized carbons (Fsp3) is 0.600. The van der Waals surface area contributed by atoms with E-state index in [0.29, 0.717) is 12.3 Å². The van der Waals surface area contributed by atoms with Crippen LogP contribution in [-0.4, -0.2) is 84.6 Å². The lowest BCUT2D eigenvalue weighted by atomic mass is 10.1. The van der Waals surface area contributed by atoms with Crippen LogP contribution in [0.25, 0.3) is 0 Å². The van der Waals surface area contributed by atoms with E-state index >= 15 is 0 Å². The summed E-state index contributed by atoms with van der Waals surface area (Å²) in [5, 5.41) is 12.2. The van der Waals surface area contributed by atoms with E-state index in [9.17, 15) is 9.59 Å². The molecule has 2 saturated heterocycles. The lowest BCUT2D eigenvalue weighted by Crippen LogP contribution is -2.55. The van der Waals surface area contributed by atoms with Crippen LogP contribution in [0, 0.1) is 0 Å². The van der Waals surface area contributed by atoms with Crippen molar-refractivity contribution in [3.63, 3.8) is 0 Å². The normalized spacial score (nSPS) is 22.2. The molecule has 0 aliphatic carbocycles. The van der Waals surface area contributed by atoms with Crippen LogP contribution < -0.4 is 15.8 Å². The van der Waals surface area contributed by atoms with Crippen molar-refractivity contribution in [2.24, 2.45) is 5.73 Å². The molecular formula is C20H30N4O5. The van der Waals surface area contributed by atoms with E-state index in [4.69, 9.17) is 20.3 Å². The van der Waals surface area contributed by atoms with Gasteiger partial charge in [-0.25, -0.2) is 4.79 Å². The van der Waals surface area contributed by atoms with Crippen LogP contribution in [0.1, 0.15) is 18.9 Å². The van der Waals surface area contributed by atoms with Gasteiger partial charge < -0.3 is 25.6 Å². The monoisotopic (exact) mass is 406 g/mol. The van der Waals surface area contributed by atoms with Crippen LogP contribution in [0.2, 0.25) is 0 Å². The van der Waals surface area contributed by atoms with Crippen molar-refractivity contribution in [1.29, 1.82) is 0 Å². The molecule has 3 rings (SSSR count). The minimum atomic E-state index is -1.02. The number of cyclic esters (lactones) is 1. The molecule has 1 amide bonds. The number of benzene rings is 1. The SMILES string of the molecule is CCC(N1CCNCC1)N1CC(COc2ccc(CC(N)C(=O)O)cc2)OC1=O. The number of hydrogen-bond acceptors (Lipinski definition) is 7. The largest absolute Gasteiger partial charge is 0.490 e. The third-order valence-corrected chi connectivity index (χ3v) is 5.33. The highest BCUT2D eigenvalue weighted by Crippen LogP contribution is 2.21. The van der Waals surface area contributed by atoms with Gasteiger partial charge in [0.15, 0.2) is 6.10 Å². The Morgan fingerprint density at radius 3 is 2.66 bits per heavy atom. The van der Waals surface area contributed by atoms with Crippen molar-refractivity contribution >= 4 is 12.1 Å². The predicted octanol–water partition coefficient (Wildman–Crippen LogP) is 0.482. The fourth-order valence-electron chi connectivity index (χ4n) is 3.78. The number of carbonyl (C=O) groups is 2. The number of rotatable bonds is 9. The van der Waals surface area contributed by atoms with Gasteiger partial charge in [0.1, 0.15) is 18.4 Å². The second-order valence-electron chi connectivity index (χ2n) is 7.44. The first-order valence-corrected chi connectivity index (χ1v) is 10.1. The molecule has 0 aromatic heterocycles. The number of carboxylic acids is 1. The van der Waals surface area contributed by atoms with Crippen LogP contribution in [0.15, 0.2) is 24.3 Å². The Morgan fingerprint density at radius 2 is 2.03 bits per heavy atom. The van der Waals surface area contributed by atoms with Gasteiger partial charge >= 0.3 is 12.1 Å². The maximum atomic E-state index is 12.4. The number of carboxylic acid groups (broad SMARTS) is 1. The van der Waals surface area contributed by atoms with E-state index in [2.05, 4.69) is 17.1 Å². The van der Waals surface area contributed by atoms with Gasteiger partial charge in [-0.2, -0.15) is 0 Å². The summed E-state index contributed by atoms with van der Waals surface area (Å²) < 4.78 is 11.3. The number of carbonyl (C=O) groups excluding carboxylic acids is 1. The number of nitrogens with zero attached hydrogens (tertiary/aromatic N) is 2. The second kappa shape index (κ2) is 9.91. The van der Waals surface area contributed by atoms with Crippen molar-refractivity contribution in [3.8, 4) is 5.75 Å². The van der Waals surface area contributed by atoms with Crippen LogP contribution in [0.4, 0.5) is 4.79 Å². The Hall–Kier alpha value is -2.36. The molecule has 9 heteroatoms. The molecule has 2 aliphatic rings. The van der Waals surface area contributed by atoms with Gasteiger partial charge in [0.2, 0.25) is 0 Å². The maximum absolute atomic E-state index is 12.4. The summed E-state index contributed by atoms with van der Waals surface area (Å²) in [5.74, 6) is -0.384. The third kappa shape index (κ3) is 5.59. The minimum Gasteiger partial charge on any atom is -0.490 e. The fourth-order valence-corrected chi connectivity index (χ4v) is 3.78. The molecule has 0 spiro atoms. The number of nitrogens with two attached hydrogens (primary N) is 1. The molecule has 4 N–H and O–H groups in total. The Labute approximate surface area is 170 Å². The van der Waals surface area contributed by atoms with Gasteiger partial charge in [-0.1, -0.05) is 19.1 Å². The molecule has 0 saturated carbocycles. The average Bonchev–Trinajstić information content (AvgIpc) is 3.09. The lowest BCUT2D eigenvalue weighted by molar-refractivity contribution is -0.138. The van der Waals surface area contributed by atoms with Gasteiger partial charge in [-0.05, 0) is 30.5 Å². The molecule has 3 atom stereocenters. The van der Waals surface area contributed by atoms with Crippen LogP contribution >= 0.6 is 0 Å². The van der Waals surface area contributed by atoms with E-state index in [1.165, 1.54) is 0 Å². The highest BCUT2D eigenvalue weighted by atomic mass is 16.6. The number of amides is 1. The summed E-state index contributed by atoms with van der Waals surface area (Å²) >= 11 is 0. The van der Waals surface area contributed by atoms with E-state index in [0.717, 1.165) is 38.2 Å². The summed E-state index contributed by atoms with van der Waals surface area (Å²) in [7, 11) is 0. The molecule has 2 aliphatic heterocycles. The van der Waals surface area contributed by atoms with Crippen molar-refractivity contribution in [2.75, 3.05) is 39.3 Å². The Morgan fingerprint density at radius 1 is 1.34 bits per heavy atom. The molecule has 2 fully saturated rings. The Bertz CT molecular complexity index is 693. The van der Waals surface area contributed by atoms with Crippen LogP contribution in [0.3, 0.4) is 0 Å². The van der Waals surface area contributed by atoms with Crippen molar-refractivity contribution in [3.05, 3.63) is 29.8 Å². The Balaban J connectivity index is 1.50. The quantitative estimate of drug-likeness (QED) is 0.542. The molecule has 0 bridgehead atoms. The highest BCUT2D eigenvalue weighted by molar-refractivity contribution is 5.73. The standard InChI is InChI=1S/C20H30N4O5/c1-2-18(23-9-7-22-8-10-23)24-12-16(29-20(24)27)13-28-15-5-3-14(4-6-15)11-17(21)19(25)26/h3-6,16-18,22H,2,7-13,21H2,1H3,(H,25,26). The first-order chi connectivity index (χ1) is 14.0. The van der Waals surface area contributed by atoms with Crippen LogP contribution in [-0.2, 0) is 16.0 Å². The van der Waals surface area contributed by atoms with Gasteiger partial charge in [0.05, 0.1) is 12.7 Å². The molecule has 9 nitrogen and oxygen atoms in total. The molecule has 0 radical (unpaired) electrons. The second-order valence-corrected chi connectivity index (χ2v) is 7.44. The number of hydrogen-bond donors (Lipinski definition) is 3. The molecule has 1 aromatic rings. The molecule has 160 valence electrons. The van der Waals surface area contributed by atoms with Crippen molar-refractivity contribution in [1.82, 2.24) is 15.1 Å². The highest BCUT2D eigenvalue weighted by Gasteiger charge is 2.38. The van der Waals surface area contributed by atoms with Crippen molar-refractivity contribution in [2.45, 2.75) is 38.1 Å². The first kappa shape index (κ1) is 21.4. The van der Waals surface area contributed by atoms with Crippen molar-refractivity contribution < 1.29 is 24.2 Å². The van der Waals surface area contributed by atoms with Gasteiger partial charge in [0.25, 0.3) is 0 Å². The number of piperazine rings is 1. The molecule has 3 unspecified atom stereocenters. The number of aliphatic carboxylic acids is 1. The van der Waals surface area contributed by atoms with Gasteiger partial charge in [0, 0.05) is 26.2 Å². The molecule has 2 heterocycles. The van der Waals surface area contributed by atoms with E-state index < -0.39 is 12.0 Å². The van der Waals surface area contributed by atoms with E-state index in [-0.39, 0.29) is 31.4 Å². The average molecular weight is 406 g/mol. The molecule has 1 aromatic carbocycles. The third-order valence-electron chi connectivity index (χ3n) is 5.33. The zero-order chi connectivity index (χ0) is 20.8. The minimum absolute atomic E-state index is 0.0485. The summed E-state index contributed by atoms with van der Waals surface area (Å²) in [6, 6.07) is 6.21. The zero-order valence-electron chi connectivity index (χ0n) is 16.8. The van der Waals surface area contributed by atoms with Gasteiger partial charge in [-0.15, -0.1) is 0 Å². The first-order valence-electron chi connectivity index (χ1n) is 10.1. The van der Waals surface area contributed by atoms with E-state index in [1.54, 1.807) is 29.2 Å². The summed E-state index contributed by atoms with van der Waals surface area (Å²) in [5.41, 5.74) is 6.38. The number of nitrogens with one attached hydrogen (secondary N) is 1. The lowest BCUT2D eigenvalue weighted by Gasteiger charge is -2.38. The van der Waals surface area contributed by atoms with E-state index in [1.807, 2.05) is 0 Å². The summed E-state index contributed by atoms with van der Waals surface area (Å²) in [6.07, 6.45) is 0.548.